The first-order valence-corrected chi connectivity index (χ1v) is 14.4. The lowest BCUT2D eigenvalue weighted by molar-refractivity contribution is 0.102. The van der Waals surface area contributed by atoms with Crippen molar-refractivity contribution in [2.45, 2.75) is 57.8 Å². The van der Waals surface area contributed by atoms with Crippen LogP contribution in [-0.4, -0.2) is 49.8 Å². The molecule has 0 spiro atoms. The molecule has 4 aromatic rings. The minimum Gasteiger partial charge on any atom is -0.303 e. The maximum Gasteiger partial charge on any atom is 0.258 e. The van der Waals surface area contributed by atoms with E-state index in [0.717, 1.165) is 35.3 Å². The van der Waals surface area contributed by atoms with E-state index in [1.165, 1.54) is 64.6 Å². The van der Waals surface area contributed by atoms with Crippen molar-refractivity contribution >= 4 is 11.9 Å². The second kappa shape index (κ2) is 13.4. The number of nitrogens with one attached hydrogen (secondary N) is 1. The molecule has 0 unspecified atom stereocenters. The highest BCUT2D eigenvalue weighted by atomic mass is 16.1. The Morgan fingerprint density at radius 1 is 0.872 bits per heavy atom. The number of anilines is 1. The number of benzene rings is 2. The van der Waals surface area contributed by atoms with Gasteiger partial charge in [-0.25, -0.2) is 4.98 Å². The van der Waals surface area contributed by atoms with Crippen LogP contribution in [0.3, 0.4) is 0 Å². The number of para-hydroxylation sites is 1. The molecule has 3 heterocycles. The molecule has 5 rings (SSSR count). The van der Waals surface area contributed by atoms with E-state index in [-0.39, 0.29) is 5.91 Å². The zero-order chi connectivity index (χ0) is 26.9. The predicted octanol–water partition coefficient (Wildman–Crippen LogP) is 6.50. The Morgan fingerprint density at radius 3 is 2.44 bits per heavy atom. The molecule has 7 heteroatoms. The van der Waals surface area contributed by atoms with Crippen molar-refractivity contribution in [3.63, 3.8) is 0 Å². The predicted molar refractivity (Wildman–Crippen MR) is 157 cm³/mol. The Kier molecular flexibility index (Phi) is 9.22. The summed E-state index contributed by atoms with van der Waals surface area (Å²) in [5.74, 6) is 0.373. The fraction of sp³-hybridized carbons (Fsp3) is 0.406. The van der Waals surface area contributed by atoms with Crippen LogP contribution in [0.25, 0.3) is 16.8 Å². The summed E-state index contributed by atoms with van der Waals surface area (Å²) in [5.41, 5.74) is 4.51. The van der Waals surface area contributed by atoms with E-state index in [4.69, 9.17) is 4.98 Å². The molecule has 0 radical (unpaired) electrons. The van der Waals surface area contributed by atoms with Crippen LogP contribution in [0.4, 0.5) is 5.95 Å². The number of imidazole rings is 1. The first-order valence-electron chi connectivity index (χ1n) is 14.4. The SMILES string of the molecule is Cn1cc(-c2cccc(C(=O)Nc3nc(CCCCCCN4CCCCCC4)cn3-c3ccccc3)c2)cn1. The number of hydrogen-bond donors (Lipinski definition) is 1. The Labute approximate surface area is 231 Å². The van der Waals surface area contributed by atoms with Crippen molar-refractivity contribution in [3.8, 4) is 16.8 Å². The second-order valence-corrected chi connectivity index (χ2v) is 10.6. The van der Waals surface area contributed by atoms with Crippen molar-refractivity contribution in [3.05, 3.63) is 84.4 Å². The van der Waals surface area contributed by atoms with E-state index in [1.54, 1.807) is 10.9 Å². The smallest absolute Gasteiger partial charge is 0.258 e. The number of likely N-dealkylation sites (tertiary alicyclic amines) is 1. The molecule has 1 aliphatic heterocycles. The van der Waals surface area contributed by atoms with Crippen LogP contribution < -0.4 is 5.32 Å². The lowest BCUT2D eigenvalue weighted by Gasteiger charge is -2.19. The molecule has 0 bridgehead atoms. The summed E-state index contributed by atoms with van der Waals surface area (Å²) in [5, 5.41) is 7.32. The molecule has 0 saturated carbocycles. The third kappa shape index (κ3) is 7.45. The monoisotopic (exact) mass is 524 g/mol. The Bertz CT molecular complexity index is 1330. The molecule has 0 atom stereocenters. The average molecular weight is 525 g/mol. The van der Waals surface area contributed by atoms with E-state index in [1.807, 2.05) is 72.4 Å². The molecule has 2 aromatic heterocycles. The van der Waals surface area contributed by atoms with Gasteiger partial charge in [0, 0.05) is 36.3 Å². The Morgan fingerprint density at radius 2 is 1.67 bits per heavy atom. The molecule has 39 heavy (non-hydrogen) atoms. The van der Waals surface area contributed by atoms with E-state index in [2.05, 4.69) is 21.5 Å². The normalized spacial score (nSPS) is 14.3. The minimum absolute atomic E-state index is 0.177. The number of nitrogens with zero attached hydrogens (tertiary/aromatic N) is 5. The van der Waals surface area contributed by atoms with Gasteiger partial charge in [0.2, 0.25) is 5.95 Å². The van der Waals surface area contributed by atoms with Crippen molar-refractivity contribution < 1.29 is 4.79 Å². The summed E-state index contributed by atoms with van der Waals surface area (Å²) in [6.45, 7) is 3.79. The van der Waals surface area contributed by atoms with E-state index in [9.17, 15) is 4.79 Å². The summed E-state index contributed by atoms with van der Waals surface area (Å²) >= 11 is 0. The van der Waals surface area contributed by atoms with Gasteiger partial charge in [-0.1, -0.05) is 56.0 Å². The van der Waals surface area contributed by atoms with Gasteiger partial charge in [0.1, 0.15) is 0 Å². The molecule has 1 amide bonds. The topological polar surface area (TPSA) is 68.0 Å². The van der Waals surface area contributed by atoms with E-state index >= 15 is 0 Å². The number of amides is 1. The molecular weight excluding hydrogens is 484 g/mol. The lowest BCUT2D eigenvalue weighted by atomic mass is 10.1. The molecule has 204 valence electrons. The zero-order valence-corrected chi connectivity index (χ0v) is 23.1. The minimum atomic E-state index is -0.177. The molecule has 7 nitrogen and oxygen atoms in total. The number of hydrogen-bond acceptors (Lipinski definition) is 4. The van der Waals surface area contributed by atoms with Crippen molar-refractivity contribution in [1.82, 2.24) is 24.2 Å². The Hall–Kier alpha value is -3.71. The summed E-state index contributed by atoms with van der Waals surface area (Å²) in [6, 6.07) is 17.7. The van der Waals surface area contributed by atoms with Crippen molar-refractivity contribution in [2.24, 2.45) is 7.05 Å². The van der Waals surface area contributed by atoms with Crippen LogP contribution in [0.15, 0.2) is 73.2 Å². The van der Waals surface area contributed by atoms with Crippen LogP contribution in [0.2, 0.25) is 0 Å². The number of carbonyl (C=O) groups excluding carboxylic acids is 1. The van der Waals surface area contributed by atoms with Crippen LogP contribution in [0.1, 0.15) is 67.4 Å². The van der Waals surface area contributed by atoms with Crippen LogP contribution in [0, 0.1) is 0 Å². The van der Waals surface area contributed by atoms with E-state index in [0.29, 0.717) is 11.5 Å². The fourth-order valence-corrected chi connectivity index (χ4v) is 5.36. The number of unbranched alkanes of at least 4 members (excludes halogenated alkanes) is 3. The van der Waals surface area contributed by atoms with Gasteiger partial charge in [0.05, 0.1) is 11.9 Å². The molecule has 1 fully saturated rings. The lowest BCUT2D eigenvalue weighted by Crippen LogP contribution is -2.25. The van der Waals surface area contributed by atoms with Gasteiger partial charge < -0.3 is 4.90 Å². The quantitative estimate of drug-likeness (QED) is 0.227. The van der Waals surface area contributed by atoms with Crippen LogP contribution in [0.5, 0.6) is 0 Å². The number of aromatic nitrogens is 4. The molecule has 1 saturated heterocycles. The first-order chi connectivity index (χ1) is 19.2. The van der Waals surface area contributed by atoms with Gasteiger partial charge in [-0.15, -0.1) is 0 Å². The van der Waals surface area contributed by atoms with Crippen molar-refractivity contribution in [2.75, 3.05) is 25.0 Å². The number of carbonyl (C=O) groups is 1. The molecule has 1 aliphatic rings. The van der Waals surface area contributed by atoms with Gasteiger partial charge >= 0.3 is 0 Å². The largest absolute Gasteiger partial charge is 0.303 e. The highest BCUT2D eigenvalue weighted by molar-refractivity contribution is 6.04. The van der Waals surface area contributed by atoms with Gasteiger partial charge in [-0.3, -0.25) is 19.4 Å². The molecule has 0 aliphatic carbocycles. The highest BCUT2D eigenvalue weighted by Crippen LogP contribution is 2.22. The number of rotatable bonds is 11. The Balaban J connectivity index is 1.21. The maximum absolute atomic E-state index is 13.3. The average Bonchev–Trinajstić information content (AvgIpc) is 3.48. The molecule has 1 N–H and O–H groups in total. The second-order valence-electron chi connectivity index (χ2n) is 10.6. The fourth-order valence-electron chi connectivity index (χ4n) is 5.36. The third-order valence-electron chi connectivity index (χ3n) is 7.53. The third-order valence-corrected chi connectivity index (χ3v) is 7.53. The van der Waals surface area contributed by atoms with Gasteiger partial charge in [0.15, 0.2) is 0 Å². The van der Waals surface area contributed by atoms with Gasteiger partial charge in [-0.2, -0.15) is 5.10 Å². The van der Waals surface area contributed by atoms with Gasteiger partial charge in [-0.05, 0) is 81.6 Å². The van der Waals surface area contributed by atoms with Gasteiger partial charge in [0.25, 0.3) is 5.91 Å². The summed E-state index contributed by atoms with van der Waals surface area (Å²) < 4.78 is 3.74. The summed E-state index contributed by atoms with van der Waals surface area (Å²) in [6.07, 6.45) is 17.1. The van der Waals surface area contributed by atoms with Crippen LogP contribution >= 0.6 is 0 Å². The summed E-state index contributed by atoms with van der Waals surface area (Å²) in [4.78, 5) is 20.8. The van der Waals surface area contributed by atoms with Crippen LogP contribution in [-0.2, 0) is 13.5 Å². The first kappa shape index (κ1) is 26.9. The van der Waals surface area contributed by atoms with E-state index < -0.39 is 0 Å². The maximum atomic E-state index is 13.3. The standard InChI is InChI=1S/C32H40N6O/c1-36-24-28(23-33-36)26-14-13-15-27(22-26)31(39)35-32-34-29(25-38(32)30-17-8-6-9-18-30)16-7-2-3-10-19-37-20-11-4-5-12-21-37/h6,8-9,13-15,17-18,22-25H,2-5,7,10-12,16,19-21H2,1H3,(H,34,35,39). The zero-order valence-electron chi connectivity index (χ0n) is 23.1. The number of aryl methyl sites for hydroxylation is 2. The molecule has 2 aromatic carbocycles. The highest BCUT2D eigenvalue weighted by Gasteiger charge is 2.15. The van der Waals surface area contributed by atoms with Crippen molar-refractivity contribution in [1.29, 1.82) is 0 Å². The summed E-state index contributed by atoms with van der Waals surface area (Å²) in [7, 11) is 1.89. The molecular formula is C32H40N6O.